The van der Waals surface area contributed by atoms with Gasteiger partial charge < -0.3 is 5.32 Å². The molecule has 1 aromatic rings. The van der Waals surface area contributed by atoms with E-state index in [0.29, 0.717) is 12.0 Å². The number of rotatable bonds is 9. The standard InChI is InChI=1S/C18H32N2/c1-6-16(5)20(7-2)14-18-10-8-9-17(11-18)13-19-12-15(3)4/h8-11,15-16,19H,6-7,12-14H2,1-5H3. The molecule has 0 amide bonds. The first-order chi connectivity index (χ1) is 9.56. The van der Waals surface area contributed by atoms with Crippen molar-refractivity contribution >= 4 is 0 Å². The minimum atomic E-state index is 0.655. The highest BCUT2D eigenvalue weighted by atomic mass is 15.1. The van der Waals surface area contributed by atoms with Crippen LogP contribution in [0.3, 0.4) is 0 Å². The molecular weight excluding hydrogens is 244 g/mol. The van der Waals surface area contributed by atoms with E-state index in [-0.39, 0.29) is 0 Å². The van der Waals surface area contributed by atoms with Crippen molar-refractivity contribution in [3.63, 3.8) is 0 Å². The highest BCUT2D eigenvalue weighted by Crippen LogP contribution is 2.12. The fraction of sp³-hybridized carbons (Fsp3) is 0.667. The van der Waals surface area contributed by atoms with Gasteiger partial charge in [0.1, 0.15) is 0 Å². The molecule has 20 heavy (non-hydrogen) atoms. The van der Waals surface area contributed by atoms with Gasteiger partial charge in [-0.15, -0.1) is 0 Å². The van der Waals surface area contributed by atoms with Crippen molar-refractivity contribution in [2.75, 3.05) is 13.1 Å². The Morgan fingerprint density at radius 2 is 1.80 bits per heavy atom. The molecule has 2 nitrogen and oxygen atoms in total. The van der Waals surface area contributed by atoms with Gasteiger partial charge in [0.15, 0.2) is 0 Å². The van der Waals surface area contributed by atoms with Gasteiger partial charge in [0.05, 0.1) is 0 Å². The zero-order valence-electron chi connectivity index (χ0n) is 13.9. The summed E-state index contributed by atoms with van der Waals surface area (Å²) in [7, 11) is 0. The third-order valence-electron chi connectivity index (χ3n) is 3.88. The van der Waals surface area contributed by atoms with Crippen LogP contribution in [-0.4, -0.2) is 24.0 Å². The molecule has 0 bridgehead atoms. The first-order valence-corrected chi connectivity index (χ1v) is 8.09. The molecule has 0 saturated carbocycles. The minimum Gasteiger partial charge on any atom is -0.312 e. The second-order valence-electron chi connectivity index (χ2n) is 6.17. The van der Waals surface area contributed by atoms with E-state index < -0.39 is 0 Å². The maximum Gasteiger partial charge on any atom is 0.0236 e. The summed E-state index contributed by atoms with van der Waals surface area (Å²) in [6, 6.07) is 9.65. The number of hydrogen-bond donors (Lipinski definition) is 1. The van der Waals surface area contributed by atoms with Crippen molar-refractivity contribution in [2.45, 2.75) is 60.2 Å². The zero-order valence-corrected chi connectivity index (χ0v) is 13.9. The first-order valence-electron chi connectivity index (χ1n) is 8.09. The molecule has 0 aromatic heterocycles. The molecule has 0 aliphatic carbocycles. The molecule has 1 aromatic carbocycles. The molecule has 2 heteroatoms. The average Bonchev–Trinajstić information content (AvgIpc) is 2.44. The van der Waals surface area contributed by atoms with Crippen molar-refractivity contribution in [1.82, 2.24) is 10.2 Å². The molecule has 0 aliphatic heterocycles. The average molecular weight is 276 g/mol. The van der Waals surface area contributed by atoms with Crippen LogP contribution in [-0.2, 0) is 13.1 Å². The Kier molecular flexibility index (Phi) is 7.86. The topological polar surface area (TPSA) is 15.3 Å². The molecule has 0 saturated heterocycles. The highest BCUT2D eigenvalue weighted by molar-refractivity contribution is 5.23. The van der Waals surface area contributed by atoms with Gasteiger partial charge in [-0.2, -0.15) is 0 Å². The zero-order chi connectivity index (χ0) is 15.0. The van der Waals surface area contributed by atoms with Crippen molar-refractivity contribution in [3.8, 4) is 0 Å². The normalized spacial score (nSPS) is 13.2. The van der Waals surface area contributed by atoms with Crippen molar-refractivity contribution < 1.29 is 0 Å². The lowest BCUT2D eigenvalue weighted by Gasteiger charge is -2.27. The minimum absolute atomic E-state index is 0.655. The Bertz CT molecular complexity index is 373. The van der Waals surface area contributed by atoms with Gasteiger partial charge in [-0.05, 0) is 43.5 Å². The summed E-state index contributed by atoms with van der Waals surface area (Å²) in [6.07, 6.45) is 1.21. The second-order valence-corrected chi connectivity index (χ2v) is 6.17. The summed E-state index contributed by atoms with van der Waals surface area (Å²) in [4.78, 5) is 2.54. The molecule has 1 N–H and O–H groups in total. The van der Waals surface area contributed by atoms with Crippen LogP contribution in [0, 0.1) is 5.92 Å². The third-order valence-corrected chi connectivity index (χ3v) is 3.88. The predicted molar refractivity (Wildman–Crippen MR) is 88.8 cm³/mol. The second kappa shape index (κ2) is 9.15. The van der Waals surface area contributed by atoms with Crippen molar-refractivity contribution in [2.24, 2.45) is 5.92 Å². The van der Waals surface area contributed by atoms with Crippen molar-refractivity contribution in [1.29, 1.82) is 0 Å². The van der Waals surface area contributed by atoms with Crippen LogP contribution in [0.1, 0.15) is 52.2 Å². The number of nitrogens with one attached hydrogen (secondary N) is 1. The number of benzene rings is 1. The Labute approximate surface area is 125 Å². The molecule has 0 fully saturated rings. The van der Waals surface area contributed by atoms with Crippen LogP contribution < -0.4 is 5.32 Å². The summed E-state index contributed by atoms with van der Waals surface area (Å²) < 4.78 is 0. The quantitative estimate of drug-likeness (QED) is 0.732. The largest absolute Gasteiger partial charge is 0.312 e. The highest BCUT2D eigenvalue weighted by Gasteiger charge is 2.10. The van der Waals surface area contributed by atoms with Crippen molar-refractivity contribution in [3.05, 3.63) is 35.4 Å². The Morgan fingerprint density at radius 1 is 1.10 bits per heavy atom. The Hall–Kier alpha value is -0.860. The van der Waals surface area contributed by atoms with Crippen LogP contribution in [0.5, 0.6) is 0 Å². The molecule has 1 rings (SSSR count). The van der Waals surface area contributed by atoms with Gasteiger partial charge in [0.25, 0.3) is 0 Å². The van der Waals surface area contributed by atoms with Gasteiger partial charge in [-0.1, -0.05) is 52.0 Å². The maximum atomic E-state index is 3.52. The summed E-state index contributed by atoms with van der Waals surface area (Å²) >= 11 is 0. The number of hydrogen-bond acceptors (Lipinski definition) is 2. The van der Waals surface area contributed by atoms with E-state index in [2.05, 4.69) is 69.1 Å². The van der Waals surface area contributed by atoms with Gasteiger partial charge in [-0.25, -0.2) is 0 Å². The predicted octanol–water partition coefficient (Wildman–Crippen LogP) is 4.05. The van der Waals surface area contributed by atoms with Gasteiger partial charge in [0, 0.05) is 19.1 Å². The van der Waals surface area contributed by atoms with Gasteiger partial charge >= 0.3 is 0 Å². The summed E-state index contributed by atoms with van der Waals surface area (Å²) in [5.74, 6) is 0.708. The molecule has 1 unspecified atom stereocenters. The molecule has 114 valence electrons. The summed E-state index contributed by atoms with van der Waals surface area (Å²) in [6.45, 7) is 15.6. The molecule has 0 aliphatic rings. The SMILES string of the molecule is CCC(C)N(CC)Cc1cccc(CNCC(C)C)c1. The van der Waals surface area contributed by atoms with Crippen LogP contribution in [0.4, 0.5) is 0 Å². The smallest absolute Gasteiger partial charge is 0.0236 e. The summed E-state index contributed by atoms with van der Waals surface area (Å²) in [5, 5.41) is 3.52. The van der Waals surface area contributed by atoms with Gasteiger partial charge in [-0.3, -0.25) is 4.90 Å². The number of nitrogens with zero attached hydrogens (tertiary/aromatic N) is 1. The van der Waals surface area contributed by atoms with Gasteiger partial charge in [0.2, 0.25) is 0 Å². The molecule has 0 spiro atoms. The lowest BCUT2D eigenvalue weighted by molar-refractivity contribution is 0.206. The fourth-order valence-corrected chi connectivity index (χ4v) is 2.42. The first kappa shape index (κ1) is 17.2. The maximum absolute atomic E-state index is 3.52. The van der Waals surface area contributed by atoms with Crippen LogP contribution in [0.25, 0.3) is 0 Å². The fourth-order valence-electron chi connectivity index (χ4n) is 2.42. The monoisotopic (exact) mass is 276 g/mol. The van der Waals surface area contributed by atoms with E-state index in [1.54, 1.807) is 0 Å². The lowest BCUT2D eigenvalue weighted by atomic mass is 10.1. The Balaban J connectivity index is 2.58. The van der Waals surface area contributed by atoms with Crippen LogP contribution in [0.15, 0.2) is 24.3 Å². The molecule has 0 heterocycles. The van der Waals surface area contributed by atoms with E-state index in [4.69, 9.17) is 0 Å². The van der Waals surface area contributed by atoms with Crippen LogP contribution in [0.2, 0.25) is 0 Å². The van der Waals surface area contributed by atoms with E-state index in [1.165, 1.54) is 17.5 Å². The molecule has 1 atom stereocenters. The molecule has 0 radical (unpaired) electrons. The Morgan fingerprint density at radius 3 is 2.40 bits per heavy atom. The third kappa shape index (κ3) is 6.06. The van der Waals surface area contributed by atoms with E-state index in [0.717, 1.165) is 26.2 Å². The lowest BCUT2D eigenvalue weighted by Crippen LogP contribution is -2.31. The van der Waals surface area contributed by atoms with Crippen LogP contribution >= 0.6 is 0 Å². The molecular formula is C18H32N2. The van der Waals surface area contributed by atoms with E-state index in [9.17, 15) is 0 Å². The summed E-state index contributed by atoms with van der Waals surface area (Å²) in [5.41, 5.74) is 2.82. The van der Waals surface area contributed by atoms with E-state index in [1.807, 2.05) is 0 Å². The van der Waals surface area contributed by atoms with E-state index >= 15 is 0 Å².